The number of hydrogen-bond donors (Lipinski definition) is 2. The van der Waals surface area contributed by atoms with Crippen LogP contribution in [-0.2, 0) is 4.79 Å². The van der Waals surface area contributed by atoms with Gasteiger partial charge in [-0.25, -0.2) is 4.98 Å². The summed E-state index contributed by atoms with van der Waals surface area (Å²) >= 11 is 3.31. The van der Waals surface area contributed by atoms with Crippen LogP contribution in [0.3, 0.4) is 0 Å². The summed E-state index contributed by atoms with van der Waals surface area (Å²) in [4.78, 5) is 16.1. The Morgan fingerprint density at radius 1 is 1.33 bits per heavy atom. The summed E-state index contributed by atoms with van der Waals surface area (Å²) in [6.45, 7) is 1.92. The third-order valence-corrected chi connectivity index (χ3v) is 4.72. The van der Waals surface area contributed by atoms with Crippen LogP contribution in [0.2, 0.25) is 0 Å². The van der Waals surface area contributed by atoms with E-state index in [1.54, 1.807) is 0 Å². The normalized spacial score (nSPS) is 9.83. The van der Waals surface area contributed by atoms with Crippen LogP contribution in [0.5, 0.6) is 0 Å². The van der Waals surface area contributed by atoms with Gasteiger partial charge in [0.1, 0.15) is 23.0 Å². The quantitative estimate of drug-likeness (QED) is 0.548. The monoisotopic (exact) mass is 449 g/mol. The summed E-state index contributed by atoms with van der Waals surface area (Å²) in [5.41, 5.74) is 7.75. The van der Waals surface area contributed by atoms with Crippen LogP contribution in [0, 0.1) is 33.2 Å². The number of carbonyl (C=O) groups excluding carboxylic acids is 1. The van der Waals surface area contributed by atoms with E-state index in [9.17, 15) is 4.79 Å². The van der Waals surface area contributed by atoms with E-state index in [1.807, 2.05) is 37.3 Å². The highest BCUT2D eigenvalue weighted by atomic mass is 127. The summed E-state index contributed by atoms with van der Waals surface area (Å²) in [5.74, 6) is -0.0795. The minimum Gasteiger partial charge on any atom is -0.383 e. The minimum atomic E-state index is -0.210. The van der Waals surface area contributed by atoms with E-state index in [4.69, 9.17) is 16.3 Å². The highest BCUT2D eigenvalue weighted by Crippen LogP contribution is 2.24. The maximum atomic E-state index is 12.1. The van der Waals surface area contributed by atoms with Crippen molar-refractivity contribution in [3.8, 4) is 12.1 Å². The van der Waals surface area contributed by atoms with Crippen molar-refractivity contribution in [2.75, 3.05) is 16.8 Å². The Labute approximate surface area is 157 Å². The molecule has 2 aromatic rings. The van der Waals surface area contributed by atoms with Crippen molar-refractivity contribution in [1.82, 2.24) is 4.98 Å². The van der Waals surface area contributed by atoms with E-state index < -0.39 is 0 Å². The zero-order valence-corrected chi connectivity index (χ0v) is 15.6. The molecule has 1 aromatic heterocycles. The third-order valence-electron chi connectivity index (χ3n) is 3.06. The van der Waals surface area contributed by atoms with E-state index in [0.717, 1.165) is 26.6 Å². The summed E-state index contributed by atoms with van der Waals surface area (Å²) in [5, 5.41) is 21.2. The van der Waals surface area contributed by atoms with Gasteiger partial charge in [-0.1, -0.05) is 11.8 Å². The van der Waals surface area contributed by atoms with Crippen LogP contribution < -0.4 is 11.1 Å². The summed E-state index contributed by atoms with van der Waals surface area (Å²) < 4.78 is 1.09. The number of aryl methyl sites for hydroxylation is 1. The second-order valence-electron chi connectivity index (χ2n) is 4.79. The van der Waals surface area contributed by atoms with Gasteiger partial charge < -0.3 is 11.1 Å². The molecule has 0 radical (unpaired) electrons. The van der Waals surface area contributed by atoms with E-state index in [1.165, 1.54) is 6.07 Å². The fourth-order valence-electron chi connectivity index (χ4n) is 1.88. The van der Waals surface area contributed by atoms with Crippen LogP contribution in [0.25, 0.3) is 0 Å². The minimum absolute atomic E-state index is 0.0490. The zero-order valence-electron chi connectivity index (χ0n) is 12.6. The lowest BCUT2D eigenvalue weighted by atomic mass is 10.2. The number of benzene rings is 1. The summed E-state index contributed by atoms with van der Waals surface area (Å²) in [6, 6.07) is 10.9. The molecule has 0 bridgehead atoms. The number of carbonyl (C=O) groups is 1. The van der Waals surface area contributed by atoms with Gasteiger partial charge in [-0.05, 0) is 59.3 Å². The molecule has 0 spiro atoms. The number of nitrogens with zero attached hydrogens (tertiary/aromatic N) is 3. The van der Waals surface area contributed by atoms with E-state index in [-0.39, 0.29) is 28.6 Å². The first-order valence-electron chi connectivity index (χ1n) is 6.74. The van der Waals surface area contributed by atoms with Gasteiger partial charge in [0.15, 0.2) is 0 Å². The Bertz CT molecular complexity index is 885. The van der Waals surface area contributed by atoms with Crippen molar-refractivity contribution >= 4 is 51.8 Å². The zero-order chi connectivity index (χ0) is 17.7. The van der Waals surface area contributed by atoms with Crippen LogP contribution in [0.15, 0.2) is 29.3 Å². The van der Waals surface area contributed by atoms with Crippen LogP contribution in [0.4, 0.5) is 11.5 Å². The SMILES string of the molecule is Cc1cc(I)ccc1NC(=O)CSc1nc(N)c(C#N)cc1C#N. The Morgan fingerprint density at radius 3 is 2.67 bits per heavy atom. The first kappa shape index (κ1) is 18.0. The average molecular weight is 449 g/mol. The van der Waals surface area contributed by atoms with Crippen molar-refractivity contribution in [2.45, 2.75) is 11.9 Å². The number of hydrogen-bond acceptors (Lipinski definition) is 6. The molecule has 0 aliphatic rings. The molecule has 6 nitrogen and oxygen atoms in total. The van der Waals surface area contributed by atoms with Gasteiger partial charge in [0, 0.05) is 9.26 Å². The van der Waals surface area contributed by atoms with E-state index >= 15 is 0 Å². The Hall–Kier alpha value is -2.30. The molecule has 1 aromatic carbocycles. The Morgan fingerprint density at radius 2 is 2.04 bits per heavy atom. The van der Waals surface area contributed by atoms with Crippen molar-refractivity contribution in [2.24, 2.45) is 0 Å². The lowest BCUT2D eigenvalue weighted by molar-refractivity contribution is -0.113. The molecule has 3 N–H and O–H groups in total. The maximum absolute atomic E-state index is 12.1. The smallest absolute Gasteiger partial charge is 0.234 e. The van der Waals surface area contributed by atoms with Gasteiger partial charge in [0.25, 0.3) is 0 Å². The average Bonchev–Trinajstić information content (AvgIpc) is 2.55. The molecular weight excluding hydrogens is 437 g/mol. The number of nitrogens with two attached hydrogens (primary N) is 1. The molecule has 0 fully saturated rings. The molecule has 8 heteroatoms. The summed E-state index contributed by atoms with van der Waals surface area (Å²) in [7, 11) is 0. The third kappa shape index (κ3) is 4.37. The number of anilines is 2. The second-order valence-corrected chi connectivity index (χ2v) is 7.00. The number of thioether (sulfide) groups is 1. The van der Waals surface area contributed by atoms with Crippen molar-refractivity contribution in [1.29, 1.82) is 10.5 Å². The van der Waals surface area contributed by atoms with E-state index in [2.05, 4.69) is 32.9 Å². The number of nitrogens with one attached hydrogen (secondary N) is 1. The van der Waals surface area contributed by atoms with Crippen molar-refractivity contribution in [3.63, 3.8) is 0 Å². The second kappa shape index (κ2) is 7.99. The predicted molar refractivity (Wildman–Crippen MR) is 101 cm³/mol. The highest BCUT2D eigenvalue weighted by Gasteiger charge is 2.13. The largest absolute Gasteiger partial charge is 0.383 e. The fourth-order valence-corrected chi connectivity index (χ4v) is 3.29. The number of pyridine rings is 1. The first-order chi connectivity index (χ1) is 11.4. The van der Waals surface area contributed by atoms with Crippen molar-refractivity contribution in [3.05, 3.63) is 44.5 Å². The van der Waals surface area contributed by atoms with Gasteiger partial charge in [-0.3, -0.25) is 4.79 Å². The highest BCUT2D eigenvalue weighted by molar-refractivity contribution is 14.1. The van der Waals surface area contributed by atoms with Gasteiger partial charge >= 0.3 is 0 Å². The van der Waals surface area contributed by atoms with E-state index in [0.29, 0.717) is 5.03 Å². The van der Waals surface area contributed by atoms with Crippen molar-refractivity contribution < 1.29 is 4.79 Å². The summed E-state index contributed by atoms with van der Waals surface area (Å²) in [6.07, 6.45) is 0. The lowest BCUT2D eigenvalue weighted by Gasteiger charge is -2.09. The molecule has 0 atom stereocenters. The molecule has 2 rings (SSSR count). The molecule has 0 saturated carbocycles. The molecule has 0 aliphatic carbocycles. The molecular formula is C16H12IN5OS. The molecule has 0 unspecified atom stereocenters. The standard InChI is InChI=1S/C16H12IN5OS/c1-9-4-12(17)2-3-13(9)21-14(23)8-24-16-11(7-19)5-10(6-18)15(20)22-16/h2-5H,8H2,1H3,(H2,20,22)(H,21,23). The number of rotatable bonds is 4. The fraction of sp³-hybridized carbons (Fsp3) is 0.125. The number of amides is 1. The van der Waals surface area contributed by atoms with Crippen LogP contribution in [0.1, 0.15) is 16.7 Å². The van der Waals surface area contributed by atoms with Gasteiger partial charge in [-0.15, -0.1) is 0 Å². The number of nitrogen functional groups attached to an aromatic ring is 1. The molecule has 0 saturated heterocycles. The van der Waals surface area contributed by atoms with Gasteiger partial charge in [0.05, 0.1) is 16.9 Å². The number of nitriles is 2. The Kier molecular flexibility index (Phi) is 6.01. The predicted octanol–water partition coefficient (Wildman–Crippen LogP) is 3.05. The number of halogens is 1. The van der Waals surface area contributed by atoms with Crippen LogP contribution >= 0.6 is 34.4 Å². The van der Waals surface area contributed by atoms with Gasteiger partial charge in [-0.2, -0.15) is 10.5 Å². The number of aromatic nitrogens is 1. The molecule has 1 heterocycles. The topological polar surface area (TPSA) is 116 Å². The molecule has 1 amide bonds. The van der Waals surface area contributed by atoms with Crippen LogP contribution in [-0.4, -0.2) is 16.6 Å². The first-order valence-corrected chi connectivity index (χ1v) is 8.80. The molecule has 120 valence electrons. The van der Waals surface area contributed by atoms with Gasteiger partial charge in [0.2, 0.25) is 5.91 Å². The molecule has 24 heavy (non-hydrogen) atoms. The molecule has 0 aliphatic heterocycles. The Balaban J connectivity index is 2.08. The maximum Gasteiger partial charge on any atom is 0.234 e. The lowest BCUT2D eigenvalue weighted by Crippen LogP contribution is -2.15.